The van der Waals surface area contributed by atoms with Gasteiger partial charge in [0.2, 0.25) is 5.91 Å². The standard InChI is InChI=1S/C29H38N2O2S/c1-3-4-5-9-16-30(24-14-10-11-22(2)18-24)29(33)21-31-25-15-17-34-28(25)20-26(31)27(32)19-23-12-7-6-8-13-23/h10-11,14-15,17-18,20,23H,3-9,12-13,16,19,21H2,1-2H3. The van der Waals surface area contributed by atoms with Gasteiger partial charge < -0.3 is 9.47 Å². The number of fused-ring (bicyclic) bond motifs is 1. The van der Waals surface area contributed by atoms with E-state index in [1.807, 2.05) is 39.1 Å². The third-order valence-electron chi connectivity index (χ3n) is 7.15. The predicted molar refractivity (Wildman–Crippen MR) is 143 cm³/mol. The quantitative estimate of drug-likeness (QED) is 0.209. The molecule has 2 aromatic heterocycles. The van der Waals surface area contributed by atoms with E-state index in [4.69, 9.17) is 0 Å². The molecule has 4 nitrogen and oxygen atoms in total. The van der Waals surface area contributed by atoms with Crippen molar-refractivity contribution in [1.82, 2.24) is 4.57 Å². The predicted octanol–water partition coefficient (Wildman–Crippen LogP) is 7.78. The van der Waals surface area contributed by atoms with Crippen LogP contribution in [0.1, 0.15) is 87.2 Å². The number of amides is 1. The van der Waals surface area contributed by atoms with E-state index in [0.717, 1.165) is 47.2 Å². The first-order chi connectivity index (χ1) is 16.6. The van der Waals surface area contributed by atoms with E-state index in [2.05, 4.69) is 26.0 Å². The van der Waals surface area contributed by atoms with Gasteiger partial charge in [-0.25, -0.2) is 0 Å². The van der Waals surface area contributed by atoms with Gasteiger partial charge in [-0.1, -0.05) is 70.4 Å². The molecule has 4 rings (SSSR count). The van der Waals surface area contributed by atoms with Gasteiger partial charge in [-0.05, 0) is 54.5 Å². The molecule has 0 aliphatic heterocycles. The van der Waals surface area contributed by atoms with Crippen molar-refractivity contribution in [2.45, 2.75) is 84.6 Å². The number of benzene rings is 1. The van der Waals surface area contributed by atoms with Crippen LogP contribution in [0.3, 0.4) is 0 Å². The molecule has 1 aliphatic rings. The summed E-state index contributed by atoms with van der Waals surface area (Å²) >= 11 is 1.64. The number of hydrogen-bond donors (Lipinski definition) is 0. The Kier molecular flexibility index (Phi) is 8.60. The van der Waals surface area contributed by atoms with Gasteiger partial charge in [0.1, 0.15) is 6.54 Å². The zero-order valence-corrected chi connectivity index (χ0v) is 21.5. The summed E-state index contributed by atoms with van der Waals surface area (Å²) in [5.41, 5.74) is 3.80. The van der Waals surface area contributed by atoms with Crippen LogP contribution in [0.15, 0.2) is 41.8 Å². The average molecular weight is 479 g/mol. The van der Waals surface area contributed by atoms with Crippen molar-refractivity contribution in [2.75, 3.05) is 11.4 Å². The Morgan fingerprint density at radius 3 is 2.65 bits per heavy atom. The molecule has 5 heteroatoms. The molecule has 0 radical (unpaired) electrons. The first-order valence-corrected chi connectivity index (χ1v) is 13.9. The van der Waals surface area contributed by atoms with Gasteiger partial charge in [0.15, 0.2) is 5.78 Å². The molecular formula is C29H38N2O2S. The third kappa shape index (κ3) is 5.99. The normalized spacial score (nSPS) is 14.5. The molecule has 0 atom stereocenters. The van der Waals surface area contributed by atoms with E-state index in [1.165, 1.54) is 32.1 Å². The Labute approximate surface area is 208 Å². The highest BCUT2D eigenvalue weighted by Gasteiger charge is 2.24. The van der Waals surface area contributed by atoms with E-state index in [-0.39, 0.29) is 18.2 Å². The lowest BCUT2D eigenvalue weighted by molar-refractivity contribution is -0.119. The van der Waals surface area contributed by atoms with Gasteiger partial charge in [0, 0.05) is 18.7 Å². The van der Waals surface area contributed by atoms with E-state index < -0.39 is 0 Å². The first kappa shape index (κ1) is 24.7. The van der Waals surface area contributed by atoms with Gasteiger partial charge in [0.05, 0.1) is 15.9 Å². The second-order valence-electron chi connectivity index (χ2n) is 9.86. The molecule has 1 amide bonds. The molecule has 0 N–H and O–H groups in total. The Balaban J connectivity index is 1.57. The summed E-state index contributed by atoms with van der Waals surface area (Å²) in [5, 5.41) is 2.05. The minimum absolute atomic E-state index is 0.0533. The van der Waals surface area contributed by atoms with E-state index in [9.17, 15) is 9.59 Å². The monoisotopic (exact) mass is 478 g/mol. The zero-order chi connectivity index (χ0) is 23.9. The molecule has 1 aromatic carbocycles. The van der Waals surface area contributed by atoms with E-state index in [0.29, 0.717) is 24.6 Å². The molecule has 0 saturated heterocycles. The second kappa shape index (κ2) is 11.8. The fourth-order valence-electron chi connectivity index (χ4n) is 5.25. The van der Waals surface area contributed by atoms with Crippen LogP contribution in [-0.4, -0.2) is 22.8 Å². The van der Waals surface area contributed by atoms with Gasteiger partial charge in [0.25, 0.3) is 0 Å². The fourth-order valence-corrected chi connectivity index (χ4v) is 6.07. The number of aromatic nitrogens is 1. The smallest absolute Gasteiger partial charge is 0.246 e. The minimum atomic E-state index is 0.0533. The Morgan fingerprint density at radius 1 is 1.06 bits per heavy atom. The van der Waals surface area contributed by atoms with Gasteiger partial charge in [-0.3, -0.25) is 9.59 Å². The minimum Gasteiger partial charge on any atom is -0.328 e. The number of carbonyl (C=O) groups is 2. The van der Waals surface area contributed by atoms with Crippen LogP contribution in [0, 0.1) is 12.8 Å². The lowest BCUT2D eigenvalue weighted by atomic mass is 9.85. The van der Waals surface area contributed by atoms with Crippen molar-refractivity contribution in [3.63, 3.8) is 0 Å². The van der Waals surface area contributed by atoms with Crippen molar-refractivity contribution >= 4 is 38.9 Å². The van der Waals surface area contributed by atoms with Crippen molar-refractivity contribution in [3.8, 4) is 0 Å². The third-order valence-corrected chi connectivity index (χ3v) is 8.00. The highest BCUT2D eigenvalue weighted by Crippen LogP contribution is 2.31. The van der Waals surface area contributed by atoms with Crippen molar-refractivity contribution in [3.05, 3.63) is 53.0 Å². The van der Waals surface area contributed by atoms with Crippen LogP contribution >= 0.6 is 11.3 Å². The van der Waals surface area contributed by atoms with Crippen molar-refractivity contribution in [1.29, 1.82) is 0 Å². The van der Waals surface area contributed by atoms with Crippen LogP contribution in [0.2, 0.25) is 0 Å². The zero-order valence-electron chi connectivity index (χ0n) is 20.7. The molecule has 34 heavy (non-hydrogen) atoms. The van der Waals surface area contributed by atoms with Crippen LogP contribution < -0.4 is 4.90 Å². The summed E-state index contributed by atoms with van der Waals surface area (Å²) in [6, 6.07) is 12.2. The summed E-state index contributed by atoms with van der Waals surface area (Å²) in [7, 11) is 0. The molecule has 0 spiro atoms. The van der Waals surface area contributed by atoms with Crippen LogP contribution in [0.4, 0.5) is 5.69 Å². The number of thiophene rings is 1. The van der Waals surface area contributed by atoms with Crippen LogP contribution in [0.5, 0.6) is 0 Å². The molecule has 2 heterocycles. The molecule has 1 saturated carbocycles. The van der Waals surface area contributed by atoms with Crippen LogP contribution in [-0.2, 0) is 11.3 Å². The Bertz CT molecular complexity index is 1110. The average Bonchev–Trinajstić information content (AvgIpc) is 3.42. The number of aryl methyl sites for hydroxylation is 1. The summed E-state index contributed by atoms with van der Waals surface area (Å²) in [6.45, 7) is 5.18. The number of unbranched alkanes of at least 4 members (excludes halogenated alkanes) is 3. The van der Waals surface area contributed by atoms with E-state index >= 15 is 0 Å². The molecule has 0 bridgehead atoms. The largest absolute Gasteiger partial charge is 0.328 e. The maximum Gasteiger partial charge on any atom is 0.246 e. The molecule has 182 valence electrons. The number of nitrogens with zero attached hydrogens (tertiary/aromatic N) is 2. The number of ketones is 1. The fraction of sp³-hybridized carbons (Fsp3) is 0.517. The van der Waals surface area contributed by atoms with Gasteiger partial charge in [-0.2, -0.15) is 0 Å². The summed E-state index contributed by atoms with van der Waals surface area (Å²) < 4.78 is 3.07. The molecule has 1 fully saturated rings. The lowest BCUT2D eigenvalue weighted by Crippen LogP contribution is -2.35. The Hall–Kier alpha value is -2.40. The summed E-state index contributed by atoms with van der Waals surface area (Å²) in [5.74, 6) is 0.728. The van der Waals surface area contributed by atoms with Crippen molar-refractivity contribution in [2.24, 2.45) is 5.92 Å². The Morgan fingerprint density at radius 2 is 1.88 bits per heavy atom. The summed E-state index contributed by atoms with van der Waals surface area (Å²) in [6.07, 6.45) is 11.1. The highest BCUT2D eigenvalue weighted by atomic mass is 32.1. The number of hydrogen-bond acceptors (Lipinski definition) is 3. The van der Waals surface area contributed by atoms with Gasteiger partial charge in [-0.15, -0.1) is 11.3 Å². The molecule has 0 unspecified atom stereocenters. The van der Waals surface area contributed by atoms with Crippen molar-refractivity contribution < 1.29 is 9.59 Å². The lowest BCUT2D eigenvalue weighted by Gasteiger charge is -2.25. The van der Waals surface area contributed by atoms with Gasteiger partial charge >= 0.3 is 0 Å². The molecule has 3 aromatic rings. The van der Waals surface area contributed by atoms with Crippen LogP contribution in [0.25, 0.3) is 10.2 Å². The molecule has 1 aliphatic carbocycles. The molecular weight excluding hydrogens is 440 g/mol. The maximum atomic E-state index is 13.7. The number of anilines is 1. The SMILES string of the molecule is CCCCCCN(C(=O)Cn1c(C(=O)CC2CCCCC2)cc2sccc21)c1cccc(C)c1. The summed E-state index contributed by atoms with van der Waals surface area (Å²) in [4.78, 5) is 29.0. The first-order valence-electron chi connectivity index (χ1n) is 13.0. The second-order valence-corrected chi connectivity index (χ2v) is 10.8. The number of carbonyl (C=O) groups excluding carboxylic acids is 2. The maximum absolute atomic E-state index is 13.7. The topological polar surface area (TPSA) is 42.3 Å². The number of Topliss-reactive ketones (excluding diaryl/α,β-unsaturated/α-hetero) is 1. The number of rotatable bonds is 11. The highest BCUT2D eigenvalue weighted by molar-refractivity contribution is 7.17. The van der Waals surface area contributed by atoms with E-state index in [1.54, 1.807) is 11.3 Å².